The highest BCUT2D eigenvalue weighted by atomic mass is 32.2. The lowest BCUT2D eigenvalue weighted by molar-refractivity contribution is -0.125. The summed E-state index contributed by atoms with van der Waals surface area (Å²) in [5.74, 6) is 0.506. The summed E-state index contributed by atoms with van der Waals surface area (Å²) in [6.45, 7) is 1.03. The molecule has 4 rings (SSSR count). The SMILES string of the molecule is O=C(NS(=O)(=O)N1CCC1)[C@@H]1C[C@@H]2O[C@H]1[C@H]1C[C@H]12. The Kier molecular flexibility index (Phi) is 2.15. The summed E-state index contributed by atoms with van der Waals surface area (Å²) < 4.78 is 32.9. The Morgan fingerprint density at radius 1 is 1.22 bits per heavy atom. The number of hydrogen-bond donors (Lipinski definition) is 1. The molecule has 1 saturated carbocycles. The third-order valence-corrected chi connectivity index (χ3v) is 6.23. The van der Waals surface area contributed by atoms with Crippen LogP contribution in [0, 0.1) is 17.8 Å². The zero-order chi connectivity index (χ0) is 12.5. The van der Waals surface area contributed by atoms with Crippen LogP contribution in [-0.4, -0.2) is 43.9 Å². The molecule has 5 atom stereocenters. The summed E-state index contributed by atoms with van der Waals surface area (Å²) >= 11 is 0. The summed E-state index contributed by atoms with van der Waals surface area (Å²) in [6.07, 6.45) is 2.87. The van der Waals surface area contributed by atoms with Crippen molar-refractivity contribution in [2.75, 3.05) is 13.1 Å². The fourth-order valence-electron chi connectivity index (χ4n) is 3.50. The minimum atomic E-state index is -3.60. The predicted octanol–water partition coefficient (Wildman–Crippen LogP) is -0.523. The Bertz CT molecular complexity index is 501. The molecule has 18 heavy (non-hydrogen) atoms. The molecule has 0 aromatic rings. The molecule has 1 N–H and O–H groups in total. The molecule has 7 heteroatoms. The van der Waals surface area contributed by atoms with Crippen molar-refractivity contribution >= 4 is 16.1 Å². The number of fused-ring (bicyclic) bond motifs is 5. The first-order valence-corrected chi connectivity index (χ1v) is 7.97. The van der Waals surface area contributed by atoms with Crippen molar-refractivity contribution in [2.45, 2.75) is 31.5 Å². The van der Waals surface area contributed by atoms with Crippen LogP contribution in [0.5, 0.6) is 0 Å². The number of rotatable bonds is 3. The lowest BCUT2D eigenvalue weighted by Crippen LogP contribution is -2.51. The van der Waals surface area contributed by atoms with E-state index in [0.29, 0.717) is 31.3 Å². The number of amides is 1. The summed E-state index contributed by atoms with van der Waals surface area (Å²) in [5.41, 5.74) is 0. The lowest BCUT2D eigenvalue weighted by Gasteiger charge is -2.30. The lowest BCUT2D eigenvalue weighted by atomic mass is 9.89. The van der Waals surface area contributed by atoms with Gasteiger partial charge in [-0.1, -0.05) is 0 Å². The number of nitrogens with one attached hydrogen (secondary N) is 1. The molecule has 100 valence electrons. The Labute approximate surface area is 106 Å². The smallest absolute Gasteiger partial charge is 0.303 e. The van der Waals surface area contributed by atoms with Gasteiger partial charge in [-0.05, 0) is 31.1 Å². The first-order valence-electron chi connectivity index (χ1n) is 6.53. The Morgan fingerprint density at radius 2 is 2.00 bits per heavy atom. The van der Waals surface area contributed by atoms with Gasteiger partial charge >= 0.3 is 10.2 Å². The van der Waals surface area contributed by atoms with E-state index in [2.05, 4.69) is 4.72 Å². The van der Waals surface area contributed by atoms with Gasteiger partial charge in [0.05, 0.1) is 18.1 Å². The van der Waals surface area contributed by atoms with E-state index in [0.717, 1.165) is 12.8 Å². The molecule has 0 radical (unpaired) electrons. The summed E-state index contributed by atoms with van der Waals surface area (Å²) in [6, 6.07) is 0. The highest BCUT2D eigenvalue weighted by Crippen LogP contribution is 2.60. The maximum Gasteiger partial charge on any atom is 0.303 e. The average molecular weight is 272 g/mol. The molecule has 4 fully saturated rings. The predicted molar refractivity (Wildman–Crippen MR) is 61.6 cm³/mol. The van der Waals surface area contributed by atoms with Gasteiger partial charge in [-0.3, -0.25) is 4.79 Å². The average Bonchev–Trinajstić information content (AvgIpc) is 2.79. The van der Waals surface area contributed by atoms with Gasteiger partial charge in [0, 0.05) is 13.1 Å². The van der Waals surface area contributed by atoms with E-state index in [1.54, 1.807) is 0 Å². The maximum absolute atomic E-state index is 12.1. The van der Waals surface area contributed by atoms with E-state index >= 15 is 0 Å². The van der Waals surface area contributed by atoms with E-state index < -0.39 is 10.2 Å². The molecular formula is C11H16N2O4S. The molecular weight excluding hydrogens is 256 g/mol. The number of nitrogens with zero attached hydrogens (tertiary/aromatic N) is 1. The third kappa shape index (κ3) is 1.47. The monoisotopic (exact) mass is 272 g/mol. The van der Waals surface area contributed by atoms with Gasteiger partial charge in [0.1, 0.15) is 0 Å². The van der Waals surface area contributed by atoms with Crippen molar-refractivity contribution in [3.63, 3.8) is 0 Å². The van der Waals surface area contributed by atoms with Crippen LogP contribution in [0.3, 0.4) is 0 Å². The van der Waals surface area contributed by atoms with Crippen LogP contribution >= 0.6 is 0 Å². The van der Waals surface area contributed by atoms with Crippen LogP contribution in [0.25, 0.3) is 0 Å². The summed E-state index contributed by atoms with van der Waals surface area (Å²) in [4.78, 5) is 12.1. The molecule has 0 spiro atoms. The van der Waals surface area contributed by atoms with Gasteiger partial charge in [0.15, 0.2) is 0 Å². The fraction of sp³-hybridized carbons (Fsp3) is 0.909. The van der Waals surface area contributed by atoms with Gasteiger partial charge in [-0.2, -0.15) is 12.7 Å². The van der Waals surface area contributed by atoms with Gasteiger partial charge < -0.3 is 4.74 Å². The second kappa shape index (κ2) is 3.46. The maximum atomic E-state index is 12.1. The summed E-state index contributed by atoms with van der Waals surface area (Å²) in [5, 5.41) is 0. The molecule has 3 aliphatic heterocycles. The van der Waals surface area contributed by atoms with Crippen molar-refractivity contribution in [1.29, 1.82) is 0 Å². The minimum Gasteiger partial charge on any atom is -0.374 e. The van der Waals surface area contributed by atoms with Crippen molar-refractivity contribution in [3.05, 3.63) is 0 Å². The highest BCUT2D eigenvalue weighted by molar-refractivity contribution is 7.87. The van der Waals surface area contributed by atoms with Crippen molar-refractivity contribution in [2.24, 2.45) is 17.8 Å². The zero-order valence-corrected chi connectivity index (χ0v) is 10.7. The Morgan fingerprint density at radius 3 is 2.56 bits per heavy atom. The molecule has 0 unspecified atom stereocenters. The molecule has 4 aliphatic rings. The topological polar surface area (TPSA) is 75.7 Å². The molecule has 3 heterocycles. The van der Waals surface area contributed by atoms with Gasteiger partial charge in [-0.15, -0.1) is 0 Å². The number of carbonyl (C=O) groups excluding carboxylic acids is 1. The molecule has 0 aromatic heterocycles. The molecule has 1 amide bonds. The molecule has 0 aromatic carbocycles. The normalized spacial score (nSPS) is 45.4. The fourth-order valence-corrected chi connectivity index (χ4v) is 4.78. The van der Waals surface area contributed by atoms with Crippen LogP contribution in [0.4, 0.5) is 0 Å². The second-order valence-corrected chi connectivity index (χ2v) is 7.44. The number of ether oxygens (including phenoxy) is 1. The van der Waals surface area contributed by atoms with E-state index in [-0.39, 0.29) is 24.0 Å². The van der Waals surface area contributed by atoms with Crippen LogP contribution in [0.2, 0.25) is 0 Å². The van der Waals surface area contributed by atoms with Crippen LogP contribution in [0.1, 0.15) is 19.3 Å². The first-order chi connectivity index (χ1) is 8.56. The minimum absolute atomic E-state index is 0.0356. The Balaban J connectivity index is 1.45. The zero-order valence-electron chi connectivity index (χ0n) is 9.91. The number of carbonyl (C=O) groups is 1. The van der Waals surface area contributed by atoms with E-state index in [9.17, 15) is 13.2 Å². The van der Waals surface area contributed by atoms with Crippen LogP contribution in [-0.2, 0) is 19.7 Å². The highest BCUT2D eigenvalue weighted by Gasteiger charge is 2.64. The molecule has 1 aliphatic carbocycles. The third-order valence-electron chi connectivity index (χ3n) is 4.73. The van der Waals surface area contributed by atoms with Crippen LogP contribution < -0.4 is 4.72 Å². The van der Waals surface area contributed by atoms with Gasteiger partial charge in [0.2, 0.25) is 5.91 Å². The molecule has 3 saturated heterocycles. The first kappa shape index (κ1) is 11.2. The molecule has 6 nitrogen and oxygen atoms in total. The van der Waals surface area contributed by atoms with Gasteiger partial charge in [-0.25, -0.2) is 4.72 Å². The quantitative estimate of drug-likeness (QED) is 0.750. The largest absolute Gasteiger partial charge is 0.374 e. The van der Waals surface area contributed by atoms with Crippen molar-refractivity contribution in [1.82, 2.24) is 9.03 Å². The second-order valence-electron chi connectivity index (χ2n) is 5.77. The molecule has 2 bridgehead atoms. The van der Waals surface area contributed by atoms with E-state index in [4.69, 9.17) is 4.74 Å². The standard InChI is InChI=1S/C11H16N2O4S/c14-11(12-18(15,16)13-2-1-3-13)8-5-9-6-4-7(6)10(8)17-9/h6-10H,1-5H2,(H,12,14)/t6-,7+,8-,9+,10+/m1/s1. The number of hydrogen-bond acceptors (Lipinski definition) is 4. The summed E-state index contributed by atoms with van der Waals surface area (Å²) in [7, 11) is -3.60. The van der Waals surface area contributed by atoms with Gasteiger partial charge in [0.25, 0.3) is 0 Å². The van der Waals surface area contributed by atoms with E-state index in [1.807, 2.05) is 0 Å². The Hall–Kier alpha value is -0.660. The van der Waals surface area contributed by atoms with E-state index in [1.165, 1.54) is 4.31 Å². The van der Waals surface area contributed by atoms with Crippen molar-refractivity contribution in [3.8, 4) is 0 Å². The van der Waals surface area contributed by atoms with Crippen molar-refractivity contribution < 1.29 is 17.9 Å². The van der Waals surface area contributed by atoms with Crippen LogP contribution in [0.15, 0.2) is 0 Å².